The Morgan fingerprint density at radius 2 is 2.00 bits per heavy atom. The van der Waals surface area contributed by atoms with Crippen LogP contribution in [0.1, 0.15) is 47.0 Å². The van der Waals surface area contributed by atoms with Crippen molar-refractivity contribution in [1.29, 1.82) is 0 Å². The Hall–Kier alpha value is -0.610. The van der Waals surface area contributed by atoms with Gasteiger partial charge < -0.3 is 14.9 Å². The molecule has 0 saturated heterocycles. The zero-order chi connectivity index (χ0) is 13.2. The molecule has 0 spiro atoms. The standard InChI is InChI=1S/C13H24O4/c1-8(2)10-5-6-13(4,7-11(10)15)17-12(16)9(3)14/h8-11,14-15H,5-7H2,1-4H3/t9?,10-,11+,13-/m1/s1. The summed E-state index contributed by atoms with van der Waals surface area (Å²) in [7, 11) is 0. The van der Waals surface area contributed by atoms with E-state index in [0.717, 1.165) is 12.8 Å². The Morgan fingerprint density at radius 3 is 2.41 bits per heavy atom. The summed E-state index contributed by atoms with van der Waals surface area (Å²) in [6.45, 7) is 7.41. The summed E-state index contributed by atoms with van der Waals surface area (Å²) in [6, 6.07) is 0. The van der Waals surface area contributed by atoms with Gasteiger partial charge in [-0.05, 0) is 38.5 Å². The van der Waals surface area contributed by atoms with E-state index in [4.69, 9.17) is 9.84 Å². The van der Waals surface area contributed by atoms with Crippen molar-refractivity contribution in [3.05, 3.63) is 0 Å². The van der Waals surface area contributed by atoms with Crippen LogP contribution < -0.4 is 0 Å². The molecule has 0 aliphatic heterocycles. The van der Waals surface area contributed by atoms with Crippen LogP contribution in [0.3, 0.4) is 0 Å². The number of hydrogen-bond acceptors (Lipinski definition) is 4. The highest BCUT2D eigenvalue weighted by Gasteiger charge is 2.41. The van der Waals surface area contributed by atoms with Crippen molar-refractivity contribution in [1.82, 2.24) is 0 Å². The molecule has 0 radical (unpaired) electrons. The van der Waals surface area contributed by atoms with Gasteiger partial charge in [0.1, 0.15) is 11.7 Å². The van der Waals surface area contributed by atoms with Gasteiger partial charge in [0.15, 0.2) is 0 Å². The molecule has 0 aromatic rings. The lowest BCUT2D eigenvalue weighted by molar-refractivity contribution is -0.176. The molecule has 100 valence electrons. The van der Waals surface area contributed by atoms with Gasteiger partial charge in [-0.3, -0.25) is 0 Å². The van der Waals surface area contributed by atoms with Crippen molar-refractivity contribution in [3.8, 4) is 0 Å². The topological polar surface area (TPSA) is 66.8 Å². The fourth-order valence-corrected chi connectivity index (χ4v) is 2.56. The molecule has 0 aromatic heterocycles. The number of aliphatic hydroxyl groups excluding tert-OH is 2. The summed E-state index contributed by atoms with van der Waals surface area (Å²) >= 11 is 0. The number of rotatable bonds is 3. The summed E-state index contributed by atoms with van der Waals surface area (Å²) in [5.41, 5.74) is -0.640. The van der Waals surface area contributed by atoms with Gasteiger partial charge in [0.05, 0.1) is 6.10 Å². The minimum atomic E-state index is -1.10. The van der Waals surface area contributed by atoms with Crippen LogP contribution >= 0.6 is 0 Å². The number of carbonyl (C=O) groups excluding carboxylic acids is 1. The predicted molar refractivity (Wildman–Crippen MR) is 64.4 cm³/mol. The van der Waals surface area contributed by atoms with Gasteiger partial charge in [0, 0.05) is 6.42 Å². The maximum Gasteiger partial charge on any atom is 0.335 e. The van der Waals surface area contributed by atoms with E-state index in [2.05, 4.69) is 13.8 Å². The molecule has 4 atom stereocenters. The van der Waals surface area contributed by atoms with E-state index in [1.165, 1.54) is 6.92 Å². The molecular weight excluding hydrogens is 220 g/mol. The molecule has 1 fully saturated rings. The monoisotopic (exact) mass is 244 g/mol. The molecule has 4 heteroatoms. The fourth-order valence-electron chi connectivity index (χ4n) is 2.56. The summed E-state index contributed by atoms with van der Waals surface area (Å²) in [5.74, 6) is 0.0954. The van der Waals surface area contributed by atoms with Crippen LogP contribution in [-0.2, 0) is 9.53 Å². The molecule has 1 saturated carbocycles. The maximum atomic E-state index is 11.4. The molecule has 0 aromatic carbocycles. The summed E-state index contributed by atoms with van der Waals surface area (Å²) in [6.07, 6.45) is 0.504. The highest BCUT2D eigenvalue weighted by molar-refractivity contribution is 5.74. The van der Waals surface area contributed by atoms with E-state index in [1.807, 2.05) is 6.92 Å². The largest absolute Gasteiger partial charge is 0.457 e. The summed E-state index contributed by atoms with van der Waals surface area (Å²) in [4.78, 5) is 11.4. The van der Waals surface area contributed by atoms with Gasteiger partial charge >= 0.3 is 5.97 Å². The molecule has 1 aliphatic rings. The van der Waals surface area contributed by atoms with E-state index < -0.39 is 23.8 Å². The first-order chi connectivity index (χ1) is 7.75. The predicted octanol–water partition coefficient (Wildman–Crippen LogP) is 1.49. The summed E-state index contributed by atoms with van der Waals surface area (Å²) in [5, 5.41) is 19.2. The number of carbonyl (C=O) groups is 1. The van der Waals surface area contributed by atoms with Gasteiger partial charge in [0.2, 0.25) is 0 Å². The zero-order valence-electron chi connectivity index (χ0n) is 11.1. The van der Waals surface area contributed by atoms with Crippen molar-refractivity contribution in [2.24, 2.45) is 11.8 Å². The zero-order valence-corrected chi connectivity index (χ0v) is 11.1. The van der Waals surface area contributed by atoms with Crippen LogP contribution in [-0.4, -0.2) is 34.0 Å². The van der Waals surface area contributed by atoms with Crippen molar-refractivity contribution in [2.75, 3.05) is 0 Å². The van der Waals surface area contributed by atoms with Gasteiger partial charge in [-0.25, -0.2) is 4.79 Å². The number of aliphatic hydroxyl groups is 2. The second kappa shape index (κ2) is 5.36. The third-order valence-electron chi connectivity index (χ3n) is 3.69. The third kappa shape index (κ3) is 3.68. The minimum absolute atomic E-state index is 0.272. The van der Waals surface area contributed by atoms with Crippen molar-refractivity contribution < 1.29 is 19.7 Å². The first kappa shape index (κ1) is 14.5. The second-order valence-corrected chi connectivity index (χ2v) is 5.76. The normalized spacial score (nSPS) is 35.7. The Bertz CT molecular complexity index is 275. The van der Waals surface area contributed by atoms with Gasteiger partial charge in [-0.15, -0.1) is 0 Å². The number of hydrogen-bond donors (Lipinski definition) is 2. The van der Waals surface area contributed by atoms with E-state index in [0.29, 0.717) is 12.3 Å². The Balaban J connectivity index is 2.60. The highest BCUT2D eigenvalue weighted by atomic mass is 16.6. The van der Waals surface area contributed by atoms with E-state index in [1.54, 1.807) is 0 Å². The molecular formula is C13H24O4. The van der Waals surface area contributed by atoms with Crippen LogP contribution in [0.5, 0.6) is 0 Å². The molecule has 2 N–H and O–H groups in total. The van der Waals surface area contributed by atoms with Crippen molar-refractivity contribution in [2.45, 2.75) is 64.8 Å². The van der Waals surface area contributed by atoms with Crippen LogP contribution in [0.15, 0.2) is 0 Å². The van der Waals surface area contributed by atoms with Crippen LogP contribution in [0, 0.1) is 11.8 Å². The lowest BCUT2D eigenvalue weighted by Crippen LogP contribution is -2.45. The fraction of sp³-hybridized carbons (Fsp3) is 0.923. The van der Waals surface area contributed by atoms with E-state index in [-0.39, 0.29) is 5.92 Å². The second-order valence-electron chi connectivity index (χ2n) is 5.76. The smallest absolute Gasteiger partial charge is 0.335 e. The lowest BCUT2D eigenvalue weighted by Gasteiger charge is -2.41. The number of ether oxygens (including phenoxy) is 1. The molecule has 1 aliphatic carbocycles. The number of esters is 1. The summed E-state index contributed by atoms with van der Waals surface area (Å²) < 4.78 is 5.29. The average molecular weight is 244 g/mol. The Labute approximate surface area is 103 Å². The Kier molecular flexibility index (Phi) is 4.55. The molecule has 17 heavy (non-hydrogen) atoms. The van der Waals surface area contributed by atoms with Crippen LogP contribution in [0.25, 0.3) is 0 Å². The molecule has 0 amide bonds. The quantitative estimate of drug-likeness (QED) is 0.738. The minimum Gasteiger partial charge on any atom is -0.457 e. The van der Waals surface area contributed by atoms with Crippen LogP contribution in [0.2, 0.25) is 0 Å². The lowest BCUT2D eigenvalue weighted by atomic mass is 9.73. The first-order valence-electron chi connectivity index (χ1n) is 6.34. The Morgan fingerprint density at radius 1 is 1.41 bits per heavy atom. The van der Waals surface area contributed by atoms with E-state index >= 15 is 0 Å². The van der Waals surface area contributed by atoms with Crippen LogP contribution in [0.4, 0.5) is 0 Å². The van der Waals surface area contributed by atoms with E-state index in [9.17, 15) is 9.90 Å². The molecule has 1 rings (SSSR count). The third-order valence-corrected chi connectivity index (χ3v) is 3.69. The molecule has 0 heterocycles. The van der Waals surface area contributed by atoms with Gasteiger partial charge in [-0.2, -0.15) is 0 Å². The SMILES string of the molecule is CC(O)C(=O)O[C@]1(C)CC[C@H](C(C)C)[C@@H](O)C1. The first-order valence-corrected chi connectivity index (χ1v) is 6.34. The van der Waals surface area contributed by atoms with Gasteiger partial charge in [-0.1, -0.05) is 13.8 Å². The average Bonchev–Trinajstić information content (AvgIpc) is 2.15. The van der Waals surface area contributed by atoms with Crippen molar-refractivity contribution in [3.63, 3.8) is 0 Å². The highest BCUT2D eigenvalue weighted by Crippen LogP contribution is 2.38. The van der Waals surface area contributed by atoms with Gasteiger partial charge in [0.25, 0.3) is 0 Å². The van der Waals surface area contributed by atoms with Crippen molar-refractivity contribution >= 4 is 5.97 Å². The molecule has 0 bridgehead atoms. The molecule has 4 nitrogen and oxygen atoms in total. The molecule has 1 unspecified atom stereocenters. The maximum absolute atomic E-state index is 11.4.